The lowest BCUT2D eigenvalue weighted by atomic mass is 10.4. The van der Waals surface area contributed by atoms with Crippen molar-refractivity contribution in [3.8, 4) is 0 Å². The van der Waals surface area contributed by atoms with Gasteiger partial charge in [0.05, 0.1) is 5.69 Å². The van der Waals surface area contributed by atoms with Crippen LogP contribution in [0.2, 0.25) is 0 Å². The molecular weight excluding hydrogens is 186 g/mol. The fourth-order valence-electron chi connectivity index (χ4n) is 0.714. The molecule has 0 fully saturated rings. The molecule has 0 saturated heterocycles. The highest BCUT2D eigenvalue weighted by Gasteiger charge is 1.96. The molecule has 12 heavy (non-hydrogen) atoms. The fourth-order valence-corrected chi connectivity index (χ4v) is 2.73. The van der Waals surface area contributed by atoms with Crippen LogP contribution in [-0.2, 0) is 5.75 Å². The highest BCUT2D eigenvalue weighted by Crippen LogP contribution is 2.28. The third-order valence-electron chi connectivity index (χ3n) is 1.19. The molecular formula is C9H13NS2. The number of rotatable bonds is 4. The zero-order chi connectivity index (χ0) is 8.81. The Morgan fingerprint density at radius 3 is 2.83 bits per heavy atom. The molecule has 0 radical (unpaired) electrons. The highest BCUT2D eigenvalue weighted by atomic mass is 33.1. The van der Waals surface area contributed by atoms with Gasteiger partial charge in [-0.2, -0.15) is 0 Å². The third kappa shape index (κ3) is 4.02. The Morgan fingerprint density at radius 1 is 1.42 bits per heavy atom. The Bertz CT molecular complexity index is 211. The minimum Gasteiger partial charge on any atom is -0.260 e. The Kier molecular flexibility index (Phi) is 4.54. The molecule has 0 aliphatic carbocycles. The lowest BCUT2D eigenvalue weighted by Gasteiger charge is -2.02. The quantitative estimate of drug-likeness (QED) is 0.690. The summed E-state index contributed by atoms with van der Waals surface area (Å²) < 4.78 is 0. The number of nitrogens with zero attached hydrogens (tertiary/aromatic N) is 1. The fraction of sp³-hybridized carbons (Fsp3) is 0.444. The van der Waals surface area contributed by atoms with Gasteiger partial charge in [-0.1, -0.05) is 41.5 Å². The average molecular weight is 199 g/mol. The van der Waals surface area contributed by atoms with Gasteiger partial charge in [-0.15, -0.1) is 0 Å². The first-order chi connectivity index (χ1) is 5.79. The van der Waals surface area contributed by atoms with Crippen molar-refractivity contribution in [1.82, 2.24) is 4.98 Å². The minimum absolute atomic E-state index is 0.693. The number of hydrogen-bond acceptors (Lipinski definition) is 3. The highest BCUT2D eigenvalue weighted by molar-refractivity contribution is 8.76. The molecule has 0 amide bonds. The summed E-state index contributed by atoms with van der Waals surface area (Å²) in [7, 11) is 3.77. The summed E-state index contributed by atoms with van der Waals surface area (Å²) in [4.78, 5) is 4.24. The van der Waals surface area contributed by atoms with E-state index in [0.29, 0.717) is 5.25 Å². The van der Waals surface area contributed by atoms with Crippen molar-refractivity contribution in [2.75, 3.05) is 0 Å². The van der Waals surface area contributed by atoms with Crippen molar-refractivity contribution in [3.63, 3.8) is 0 Å². The molecule has 1 heterocycles. The molecule has 0 bridgehead atoms. The van der Waals surface area contributed by atoms with Crippen molar-refractivity contribution in [1.29, 1.82) is 0 Å². The molecule has 0 unspecified atom stereocenters. The Balaban J connectivity index is 2.25. The van der Waals surface area contributed by atoms with Gasteiger partial charge in [0.2, 0.25) is 0 Å². The maximum absolute atomic E-state index is 4.24. The summed E-state index contributed by atoms with van der Waals surface area (Å²) in [5.41, 5.74) is 1.16. The molecule has 0 aliphatic rings. The molecule has 0 aromatic carbocycles. The van der Waals surface area contributed by atoms with Crippen LogP contribution in [0.15, 0.2) is 24.4 Å². The van der Waals surface area contributed by atoms with E-state index in [2.05, 4.69) is 24.9 Å². The van der Waals surface area contributed by atoms with E-state index in [1.165, 1.54) is 0 Å². The summed E-state index contributed by atoms with van der Waals surface area (Å²) in [5.74, 6) is 1.00. The van der Waals surface area contributed by atoms with Crippen molar-refractivity contribution >= 4 is 21.6 Å². The number of aromatic nitrogens is 1. The van der Waals surface area contributed by atoms with E-state index in [0.717, 1.165) is 11.4 Å². The Morgan fingerprint density at radius 2 is 2.25 bits per heavy atom. The normalized spacial score (nSPS) is 10.6. The van der Waals surface area contributed by atoms with Crippen LogP contribution in [-0.4, -0.2) is 10.2 Å². The van der Waals surface area contributed by atoms with Gasteiger partial charge in [0.15, 0.2) is 0 Å². The molecule has 0 saturated carbocycles. The maximum atomic E-state index is 4.24. The van der Waals surface area contributed by atoms with Gasteiger partial charge in [-0.05, 0) is 12.1 Å². The first-order valence-electron chi connectivity index (χ1n) is 3.97. The summed E-state index contributed by atoms with van der Waals surface area (Å²) in [6.45, 7) is 4.41. The van der Waals surface area contributed by atoms with Crippen LogP contribution >= 0.6 is 21.6 Å². The molecule has 0 aliphatic heterocycles. The smallest absolute Gasteiger partial charge is 0.0511 e. The van der Waals surface area contributed by atoms with E-state index in [9.17, 15) is 0 Å². The number of hydrogen-bond donors (Lipinski definition) is 0. The molecule has 0 spiro atoms. The third-order valence-corrected chi connectivity index (χ3v) is 4.04. The molecule has 1 aromatic heterocycles. The van der Waals surface area contributed by atoms with E-state index < -0.39 is 0 Å². The lowest BCUT2D eigenvalue weighted by Crippen LogP contribution is -1.85. The van der Waals surface area contributed by atoms with Gasteiger partial charge >= 0.3 is 0 Å². The topological polar surface area (TPSA) is 12.9 Å². The van der Waals surface area contributed by atoms with Gasteiger partial charge in [0.25, 0.3) is 0 Å². The summed E-state index contributed by atoms with van der Waals surface area (Å²) in [5, 5.41) is 0.693. The predicted octanol–water partition coefficient (Wildman–Crippen LogP) is 3.37. The molecule has 0 N–H and O–H groups in total. The second kappa shape index (κ2) is 5.49. The zero-order valence-electron chi connectivity index (χ0n) is 7.36. The number of pyridine rings is 1. The predicted molar refractivity (Wildman–Crippen MR) is 58.3 cm³/mol. The summed E-state index contributed by atoms with van der Waals surface area (Å²) >= 11 is 0. The standard InChI is InChI=1S/C9H13NS2/c1-8(2)12-11-7-9-5-3-4-6-10-9/h3-6,8H,7H2,1-2H3. The van der Waals surface area contributed by atoms with Crippen LogP contribution in [0.25, 0.3) is 0 Å². The van der Waals surface area contributed by atoms with Crippen LogP contribution in [0.3, 0.4) is 0 Å². The van der Waals surface area contributed by atoms with Gasteiger partial charge in [-0.3, -0.25) is 4.98 Å². The monoisotopic (exact) mass is 199 g/mol. The van der Waals surface area contributed by atoms with Crippen molar-refractivity contribution in [2.45, 2.75) is 24.9 Å². The van der Waals surface area contributed by atoms with E-state index in [1.807, 2.05) is 39.9 Å². The second-order valence-corrected chi connectivity index (χ2v) is 5.67. The summed E-state index contributed by atoms with van der Waals surface area (Å²) in [6.07, 6.45) is 1.84. The maximum Gasteiger partial charge on any atom is 0.0511 e. The van der Waals surface area contributed by atoms with E-state index >= 15 is 0 Å². The van der Waals surface area contributed by atoms with Gasteiger partial charge in [0, 0.05) is 17.2 Å². The van der Waals surface area contributed by atoms with Crippen molar-refractivity contribution in [3.05, 3.63) is 30.1 Å². The average Bonchev–Trinajstić information content (AvgIpc) is 2.05. The zero-order valence-corrected chi connectivity index (χ0v) is 8.99. The van der Waals surface area contributed by atoms with Gasteiger partial charge in [0.1, 0.15) is 0 Å². The molecule has 1 aromatic rings. The lowest BCUT2D eigenvalue weighted by molar-refractivity contribution is 1.12. The second-order valence-electron chi connectivity index (χ2n) is 2.73. The molecule has 66 valence electrons. The first-order valence-corrected chi connectivity index (χ1v) is 6.35. The first kappa shape index (κ1) is 9.93. The molecule has 0 atom stereocenters. The Hall–Kier alpha value is -0.150. The van der Waals surface area contributed by atoms with Crippen LogP contribution in [0.5, 0.6) is 0 Å². The van der Waals surface area contributed by atoms with Crippen LogP contribution < -0.4 is 0 Å². The van der Waals surface area contributed by atoms with Gasteiger partial charge in [-0.25, -0.2) is 0 Å². The minimum atomic E-state index is 0.693. The van der Waals surface area contributed by atoms with Crippen LogP contribution in [0, 0.1) is 0 Å². The van der Waals surface area contributed by atoms with E-state index in [4.69, 9.17) is 0 Å². The molecule has 1 nitrogen and oxygen atoms in total. The van der Waals surface area contributed by atoms with Crippen LogP contribution in [0.4, 0.5) is 0 Å². The van der Waals surface area contributed by atoms with E-state index in [1.54, 1.807) is 0 Å². The van der Waals surface area contributed by atoms with Crippen molar-refractivity contribution in [2.24, 2.45) is 0 Å². The van der Waals surface area contributed by atoms with Crippen LogP contribution in [0.1, 0.15) is 19.5 Å². The van der Waals surface area contributed by atoms with E-state index in [-0.39, 0.29) is 0 Å². The van der Waals surface area contributed by atoms with Gasteiger partial charge < -0.3 is 0 Å². The van der Waals surface area contributed by atoms with Crippen molar-refractivity contribution < 1.29 is 0 Å². The largest absolute Gasteiger partial charge is 0.260 e. The summed E-state index contributed by atoms with van der Waals surface area (Å²) in [6, 6.07) is 6.04. The Labute approximate surface area is 81.8 Å². The SMILES string of the molecule is CC(C)SSCc1ccccn1. The molecule has 3 heteroatoms. The molecule has 1 rings (SSSR count).